The molecular weight excluding hydrogens is 361 g/mol. The van der Waals surface area contributed by atoms with Crippen molar-refractivity contribution in [2.75, 3.05) is 0 Å². The first kappa shape index (κ1) is 15.2. The van der Waals surface area contributed by atoms with Gasteiger partial charge in [0.15, 0.2) is 0 Å². The molecular formula is C15H10BrCl2NO. The van der Waals surface area contributed by atoms with Crippen LogP contribution in [0.2, 0.25) is 5.02 Å². The lowest BCUT2D eigenvalue weighted by atomic mass is 10.1. The summed E-state index contributed by atoms with van der Waals surface area (Å²) in [6, 6.07) is 12.8. The van der Waals surface area contributed by atoms with Gasteiger partial charge in [0, 0.05) is 20.9 Å². The molecule has 0 spiro atoms. The van der Waals surface area contributed by atoms with Gasteiger partial charge in [-0.15, -0.1) is 11.6 Å². The minimum absolute atomic E-state index is 0.341. The van der Waals surface area contributed by atoms with Crippen LogP contribution in [0, 0.1) is 11.3 Å². The van der Waals surface area contributed by atoms with Gasteiger partial charge in [0.05, 0.1) is 11.6 Å². The SMILES string of the molecule is N#Cc1ccc(COc2ccc(Br)c(CCl)c2)c(Cl)c1. The predicted molar refractivity (Wildman–Crippen MR) is 84.2 cm³/mol. The molecule has 2 aromatic rings. The van der Waals surface area contributed by atoms with Gasteiger partial charge in [0.1, 0.15) is 12.4 Å². The highest BCUT2D eigenvalue weighted by molar-refractivity contribution is 9.10. The lowest BCUT2D eigenvalue weighted by Crippen LogP contribution is -1.97. The van der Waals surface area contributed by atoms with Gasteiger partial charge in [-0.25, -0.2) is 0 Å². The largest absolute Gasteiger partial charge is 0.489 e. The number of hydrogen-bond donors (Lipinski definition) is 0. The van der Waals surface area contributed by atoms with Crippen LogP contribution in [0.1, 0.15) is 16.7 Å². The number of rotatable bonds is 4. The standard InChI is InChI=1S/C15H10BrCl2NO/c16-14-4-3-13(6-12(14)7-17)20-9-11-2-1-10(8-19)5-15(11)18/h1-6H,7,9H2. The van der Waals surface area contributed by atoms with Gasteiger partial charge in [-0.3, -0.25) is 0 Å². The Morgan fingerprint density at radius 1 is 1.15 bits per heavy atom. The second-order valence-electron chi connectivity index (χ2n) is 4.09. The van der Waals surface area contributed by atoms with E-state index in [1.165, 1.54) is 0 Å². The maximum atomic E-state index is 8.79. The first-order valence-electron chi connectivity index (χ1n) is 5.79. The van der Waals surface area contributed by atoms with Crippen LogP contribution in [0.15, 0.2) is 40.9 Å². The van der Waals surface area contributed by atoms with Gasteiger partial charge >= 0.3 is 0 Å². The normalized spacial score (nSPS) is 10.1. The molecule has 0 bridgehead atoms. The molecule has 0 radical (unpaired) electrons. The Morgan fingerprint density at radius 3 is 2.60 bits per heavy atom. The smallest absolute Gasteiger partial charge is 0.120 e. The molecule has 0 aromatic heterocycles. The molecule has 0 amide bonds. The minimum atomic E-state index is 0.341. The van der Waals surface area contributed by atoms with E-state index in [9.17, 15) is 0 Å². The highest BCUT2D eigenvalue weighted by atomic mass is 79.9. The lowest BCUT2D eigenvalue weighted by molar-refractivity contribution is 0.306. The second kappa shape index (κ2) is 6.99. The van der Waals surface area contributed by atoms with Gasteiger partial charge < -0.3 is 4.74 Å². The molecule has 2 rings (SSSR count). The van der Waals surface area contributed by atoms with Crippen molar-refractivity contribution in [3.8, 4) is 11.8 Å². The van der Waals surface area contributed by atoms with E-state index >= 15 is 0 Å². The topological polar surface area (TPSA) is 33.0 Å². The number of hydrogen-bond acceptors (Lipinski definition) is 2. The summed E-state index contributed by atoms with van der Waals surface area (Å²) in [5, 5.41) is 9.31. The van der Waals surface area contributed by atoms with E-state index < -0.39 is 0 Å². The summed E-state index contributed by atoms with van der Waals surface area (Å²) < 4.78 is 6.65. The molecule has 0 unspecified atom stereocenters. The fraction of sp³-hybridized carbons (Fsp3) is 0.133. The summed E-state index contributed by atoms with van der Waals surface area (Å²) in [7, 11) is 0. The molecule has 0 saturated carbocycles. The summed E-state index contributed by atoms with van der Waals surface area (Å²) in [5.41, 5.74) is 2.34. The molecule has 2 nitrogen and oxygen atoms in total. The second-order valence-corrected chi connectivity index (χ2v) is 5.62. The van der Waals surface area contributed by atoms with Crippen LogP contribution in [0.5, 0.6) is 5.75 Å². The van der Waals surface area contributed by atoms with Gasteiger partial charge in [0.2, 0.25) is 0 Å². The molecule has 5 heteroatoms. The molecule has 20 heavy (non-hydrogen) atoms. The highest BCUT2D eigenvalue weighted by Crippen LogP contribution is 2.25. The Balaban J connectivity index is 2.11. The fourth-order valence-electron chi connectivity index (χ4n) is 1.64. The number of ether oxygens (including phenoxy) is 1. The van der Waals surface area contributed by atoms with Crippen LogP contribution < -0.4 is 4.74 Å². The van der Waals surface area contributed by atoms with Crippen molar-refractivity contribution in [1.82, 2.24) is 0 Å². The molecule has 0 heterocycles. The van der Waals surface area contributed by atoms with Crippen LogP contribution >= 0.6 is 39.1 Å². The zero-order chi connectivity index (χ0) is 14.5. The van der Waals surface area contributed by atoms with Gasteiger partial charge in [0.25, 0.3) is 0 Å². The Hall–Kier alpha value is -1.21. The van der Waals surface area contributed by atoms with Gasteiger partial charge in [-0.2, -0.15) is 5.26 Å². The van der Waals surface area contributed by atoms with Crippen LogP contribution in [-0.2, 0) is 12.5 Å². The summed E-state index contributed by atoms with van der Waals surface area (Å²) >= 11 is 15.4. The minimum Gasteiger partial charge on any atom is -0.489 e. The van der Waals surface area contributed by atoms with E-state index in [2.05, 4.69) is 15.9 Å². The van der Waals surface area contributed by atoms with Crippen molar-refractivity contribution < 1.29 is 4.74 Å². The number of benzene rings is 2. The van der Waals surface area contributed by atoms with E-state index in [4.69, 9.17) is 33.2 Å². The van der Waals surface area contributed by atoms with Gasteiger partial charge in [-0.05, 0) is 35.9 Å². The van der Waals surface area contributed by atoms with Crippen molar-refractivity contribution in [3.63, 3.8) is 0 Å². The monoisotopic (exact) mass is 369 g/mol. The van der Waals surface area contributed by atoms with E-state index in [-0.39, 0.29) is 0 Å². The van der Waals surface area contributed by atoms with Crippen LogP contribution in [0.4, 0.5) is 0 Å². The average Bonchev–Trinajstić information content (AvgIpc) is 2.47. The Labute approximate surface area is 136 Å². The summed E-state index contributed by atoms with van der Waals surface area (Å²) in [6.45, 7) is 0.341. The third kappa shape index (κ3) is 3.67. The molecule has 0 N–H and O–H groups in total. The van der Waals surface area contributed by atoms with E-state index in [0.29, 0.717) is 23.1 Å². The molecule has 0 fully saturated rings. The molecule has 2 aromatic carbocycles. The third-order valence-corrected chi connectivity index (χ3v) is 4.15. The van der Waals surface area contributed by atoms with E-state index in [1.54, 1.807) is 18.2 Å². The molecule has 0 atom stereocenters. The summed E-state index contributed by atoms with van der Waals surface area (Å²) in [6.07, 6.45) is 0. The zero-order valence-corrected chi connectivity index (χ0v) is 13.5. The first-order valence-corrected chi connectivity index (χ1v) is 7.50. The number of halogens is 3. The van der Waals surface area contributed by atoms with Crippen molar-refractivity contribution in [1.29, 1.82) is 5.26 Å². The molecule has 0 aliphatic carbocycles. The van der Waals surface area contributed by atoms with Crippen molar-refractivity contribution in [2.45, 2.75) is 12.5 Å². The first-order chi connectivity index (χ1) is 9.63. The summed E-state index contributed by atoms with van der Waals surface area (Å²) in [5.74, 6) is 1.14. The maximum absolute atomic E-state index is 8.79. The number of nitriles is 1. The van der Waals surface area contributed by atoms with Crippen LogP contribution in [0.3, 0.4) is 0 Å². The average molecular weight is 371 g/mol. The zero-order valence-electron chi connectivity index (χ0n) is 10.4. The van der Waals surface area contributed by atoms with Crippen molar-refractivity contribution in [3.05, 3.63) is 62.6 Å². The highest BCUT2D eigenvalue weighted by Gasteiger charge is 2.05. The molecule has 102 valence electrons. The lowest BCUT2D eigenvalue weighted by Gasteiger charge is -2.10. The molecule has 0 aliphatic heterocycles. The third-order valence-electron chi connectivity index (χ3n) is 2.74. The molecule has 0 saturated heterocycles. The maximum Gasteiger partial charge on any atom is 0.120 e. The fourth-order valence-corrected chi connectivity index (χ4v) is 2.64. The van der Waals surface area contributed by atoms with Crippen LogP contribution in [0.25, 0.3) is 0 Å². The molecule has 0 aliphatic rings. The summed E-state index contributed by atoms with van der Waals surface area (Å²) in [4.78, 5) is 0. The number of nitrogens with zero attached hydrogens (tertiary/aromatic N) is 1. The van der Waals surface area contributed by atoms with E-state index in [0.717, 1.165) is 21.3 Å². The van der Waals surface area contributed by atoms with Gasteiger partial charge in [-0.1, -0.05) is 33.6 Å². The quantitative estimate of drug-likeness (QED) is 0.684. The Bertz CT molecular complexity index is 667. The van der Waals surface area contributed by atoms with Crippen molar-refractivity contribution >= 4 is 39.1 Å². The number of alkyl halides is 1. The van der Waals surface area contributed by atoms with Crippen molar-refractivity contribution in [2.24, 2.45) is 0 Å². The Kier molecular flexibility index (Phi) is 5.31. The Morgan fingerprint density at radius 2 is 1.95 bits per heavy atom. The van der Waals surface area contributed by atoms with Crippen LogP contribution in [-0.4, -0.2) is 0 Å². The predicted octanol–water partition coefficient (Wildman–Crippen LogP) is 5.29. The van der Waals surface area contributed by atoms with E-state index in [1.807, 2.05) is 24.3 Å².